The Morgan fingerprint density at radius 1 is 1.17 bits per heavy atom. The highest BCUT2D eigenvalue weighted by molar-refractivity contribution is 5.91. The Morgan fingerprint density at radius 3 is 2.50 bits per heavy atom. The van der Waals surface area contributed by atoms with Gasteiger partial charge < -0.3 is 14.8 Å². The summed E-state index contributed by atoms with van der Waals surface area (Å²) >= 11 is 0. The minimum absolute atomic E-state index is 0.0269. The summed E-state index contributed by atoms with van der Waals surface area (Å²) in [6.45, 7) is 1.63. The van der Waals surface area contributed by atoms with E-state index < -0.39 is 5.60 Å². The van der Waals surface area contributed by atoms with Crippen molar-refractivity contribution < 1.29 is 14.3 Å². The van der Waals surface area contributed by atoms with Gasteiger partial charge in [0.25, 0.3) is 0 Å². The number of carbonyl (C=O) groups excluding carboxylic acids is 1. The fourth-order valence-electron chi connectivity index (χ4n) is 2.49. The average Bonchev–Trinajstić information content (AvgIpc) is 3.10. The number of rotatable bonds is 5. The molecule has 0 bridgehead atoms. The lowest BCUT2D eigenvalue weighted by atomic mass is 9.92. The van der Waals surface area contributed by atoms with Crippen LogP contribution in [0.25, 0.3) is 11.3 Å². The van der Waals surface area contributed by atoms with Gasteiger partial charge in [0.15, 0.2) is 12.2 Å². The molecule has 2 N–H and O–H groups in total. The number of nitrogens with zero attached hydrogens (tertiary/aromatic N) is 1. The molecule has 0 fully saturated rings. The van der Waals surface area contributed by atoms with Gasteiger partial charge >= 0.3 is 0 Å². The molecule has 1 aromatic heterocycles. The first-order chi connectivity index (χ1) is 11.5. The third-order valence-corrected chi connectivity index (χ3v) is 3.79. The second-order valence-electron chi connectivity index (χ2n) is 5.81. The standard InChI is InChI=1S/C19H18N2O3/c1-19(23,15-5-3-2-4-6-15)11-18(22)21-16-9-7-14(8-10-16)17-12-20-13-24-17/h2-10,12-13,23H,11H2,1H3,(H,21,22). The second kappa shape index (κ2) is 6.68. The molecule has 5 heteroatoms. The zero-order valence-electron chi connectivity index (χ0n) is 13.3. The van der Waals surface area contributed by atoms with Gasteiger partial charge in [0, 0.05) is 11.3 Å². The molecule has 24 heavy (non-hydrogen) atoms. The summed E-state index contributed by atoms with van der Waals surface area (Å²) in [5.41, 5.74) is 1.03. The normalized spacial score (nSPS) is 13.2. The molecule has 3 aromatic rings. The first kappa shape index (κ1) is 16.0. The van der Waals surface area contributed by atoms with Crippen molar-refractivity contribution in [2.75, 3.05) is 5.32 Å². The summed E-state index contributed by atoms with van der Waals surface area (Å²) in [4.78, 5) is 16.1. The Kier molecular flexibility index (Phi) is 4.44. The van der Waals surface area contributed by atoms with Gasteiger partial charge in [-0.1, -0.05) is 30.3 Å². The summed E-state index contributed by atoms with van der Waals surface area (Å²) in [6.07, 6.45) is 2.97. The van der Waals surface area contributed by atoms with Gasteiger partial charge in [-0.25, -0.2) is 4.98 Å². The molecule has 1 atom stereocenters. The number of nitrogens with one attached hydrogen (secondary N) is 1. The van der Waals surface area contributed by atoms with E-state index in [2.05, 4.69) is 10.3 Å². The number of amides is 1. The lowest BCUT2D eigenvalue weighted by Gasteiger charge is -2.23. The Labute approximate surface area is 140 Å². The van der Waals surface area contributed by atoms with E-state index in [1.54, 1.807) is 37.4 Å². The highest BCUT2D eigenvalue weighted by atomic mass is 16.3. The molecule has 0 aliphatic heterocycles. The van der Waals surface area contributed by atoms with Crippen LogP contribution in [0.2, 0.25) is 0 Å². The molecule has 1 amide bonds. The van der Waals surface area contributed by atoms with E-state index in [-0.39, 0.29) is 12.3 Å². The Morgan fingerprint density at radius 2 is 1.88 bits per heavy atom. The van der Waals surface area contributed by atoms with Gasteiger partial charge in [0.1, 0.15) is 0 Å². The van der Waals surface area contributed by atoms with Crippen LogP contribution in [0.15, 0.2) is 71.6 Å². The monoisotopic (exact) mass is 322 g/mol. The summed E-state index contributed by atoms with van der Waals surface area (Å²) < 4.78 is 5.22. The second-order valence-corrected chi connectivity index (χ2v) is 5.81. The van der Waals surface area contributed by atoms with Crippen molar-refractivity contribution in [1.82, 2.24) is 4.98 Å². The minimum atomic E-state index is -1.22. The Bertz CT molecular complexity index is 794. The topological polar surface area (TPSA) is 75.4 Å². The zero-order chi connectivity index (χ0) is 17.0. The molecule has 1 heterocycles. The number of oxazole rings is 1. The zero-order valence-corrected chi connectivity index (χ0v) is 13.3. The largest absolute Gasteiger partial charge is 0.444 e. The Balaban J connectivity index is 1.64. The summed E-state index contributed by atoms with van der Waals surface area (Å²) in [7, 11) is 0. The van der Waals surface area contributed by atoms with E-state index in [1.807, 2.05) is 30.3 Å². The van der Waals surface area contributed by atoms with E-state index in [4.69, 9.17) is 4.42 Å². The highest BCUT2D eigenvalue weighted by Crippen LogP contribution is 2.25. The quantitative estimate of drug-likeness (QED) is 0.753. The van der Waals surface area contributed by atoms with Gasteiger partial charge in [-0.15, -0.1) is 0 Å². The van der Waals surface area contributed by atoms with Crippen LogP contribution in [0.5, 0.6) is 0 Å². The molecule has 0 aliphatic carbocycles. The molecule has 0 radical (unpaired) electrons. The van der Waals surface area contributed by atoms with Crippen LogP contribution in [0.4, 0.5) is 5.69 Å². The molecule has 2 aromatic carbocycles. The van der Waals surface area contributed by atoms with Crippen LogP contribution in [-0.2, 0) is 10.4 Å². The van der Waals surface area contributed by atoms with Crippen LogP contribution in [0, 0.1) is 0 Å². The molecular formula is C19H18N2O3. The van der Waals surface area contributed by atoms with Crippen molar-refractivity contribution in [1.29, 1.82) is 0 Å². The first-order valence-electron chi connectivity index (χ1n) is 7.61. The fraction of sp³-hybridized carbons (Fsp3) is 0.158. The fourth-order valence-corrected chi connectivity index (χ4v) is 2.49. The molecule has 0 aliphatic rings. The van der Waals surface area contributed by atoms with Crippen molar-refractivity contribution in [3.05, 3.63) is 72.8 Å². The van der Waals surface area contributed by atoms with Crippen LogP contribution in [-0.4, -0.2) is 16.0 Å². The maximum absolute atomic E-state index is 12.2. The first-order valence-corrected chi connectivity index (χ1v) is 7.61. The van der Waals surface area contributed by atoms with Gasteiger partial charge in [-0.05, 0) is 36.8 Å². The maximum atomic E-state index is 12.2. The molecule has 122 valence electrons. The third-order valence-electron chi connectivity index (χ3n) is 3.79. The number of hydrogen-bond acceptors (Lipinski definition) is 4. The van der Waals surface area contributed by atoms with Crippen molar-refractivity contribution in [3.63, 3.8) is 0 Å². The van der Waals surface area contributed by atoms with E-state index >= 15 is 0 Å². The van der Waals surface area contributed by atoms with Gasteiger partial charge in [-0.2, -0.15) is 0 Å². The number of aromatic nitrogens is 1. The SMILES string of the molecule is CC(O)(CC(=O)Nc1ccc(-c2cnco2)cc1)c1ccccc1. The van der Waals surface area contributed by atoms with Crippen LogP contribution in [0.3, 0.4) is 0 Å². The Hall–Kier alpha value is -2.92. The van der Waals surface area contributed by atoms with Crippen LogP contribution < -0.4 is 5.32 Å². The molecule has 3 rings (SSSR count). The van der Waals surface area contributed by atoms with Gasteiger partial charge in [0.05, 0.1) is 18.2 Å². The molecule has 5 nitrogen and oxygen atoms in total. The average molecular weight is 322 g/mol. The van der Waals surface area contributed by atoms with E-state index in [9.17, 15) is 9.90 Å². The molecule has 0 saturated carbocycles. The molecule has 1 unspecified atom stereocenters. The summed E-state index contributed by atoms with van der Waals surface area (Å²) in [6, 6.07) is 16.4. The third kappa shape index (κ3) is 3.70. The highest BCUT2D eigenvalue weighted by Gasteiger charge is 2.26. The number of hydrogen-bond donors (Lipinski definition) is 2. The lowest BCUT2D eigenvalue weighted by molar-refractivity contribution is -0.120. The molecule has 0 saturated heterocycles. The van der Waals surface area contributed by atoms with Crippen molar-refractivity contribution in [2.24, 2.45) is 0 Å². The van der Waals surface area contributed by atoms with E-state index in [1.165, 1.54) is 6.39 Å². The lowest BCUT2D eigenvalue weighted by Crippen LogP contribution is -2.28. The van der Waals surface area contributed by atoms with Gasteiger partial charge in [-0.3, -0.25) is 4.79 Å². The summed E-state index contributed by atoms with van der Waals surface area (Å²) in [5.74, 6) is 0.413. The van der Waals surface area contributed by atoms with Crippen molar-refractivity contribution in [3.8, 4) is 11.3 Å². The predicted molar refractivity (Wildman–Crippen MR) is 91.2 cm³/mol. The maximum Gasteiger partial charge on any atom is 0.227 e. The van der Waals surface area contributed by atoms with Crippen molar-refractivity contribution in [2.45, 2.75) is 18.9 Å². The van der Waals surface area contributed by atoms with Crippen LogP contribution in [0.1, 0.15) is 18.9 Å². The minimum Gasteiger partial charge on any atom is -0.444 e. The number of anilines is 1. The predicted octanol–water partition coefficient (Wildman–Crippen LogP) is 3.58. The molecule has 0 spiro atoms. The summed E-state index contributed by atoms with van der Waals surface area (Å²) in [5, 5.41) is 13.3. The number of benzene rings is 2. The van der Waals surface area contributed by atoms with Crippen molar-refractivity contribution >= 4 is 11.6 Å². The smallest absolute Gasteiger partial charge is 0.227 e. The number of carbonyl (C=O) groups is 1. The number of aliphatic hydroxyl groups is 1. The van der Waals surface area contributed by atoms with E-state index in [0.29, 0.717) is 17.0 Å². The van der Waals surface area contributed by atoms with E-state index in [0.717, 1.165) is 5.56 Å². The molecular weight excluding hydrogens is 304 g/mol. The van der Waals surface area contributed by atoms with Crippen LogP contribution >= 0.6 is 0 Å². The van der Waals surface area contributed by atoms with Gasteiger partial charge in [0.2, 0.25) is 5.91 Å².